The van der Waals surface area contributed by atoms with E-state index in [-0.39, 0.29) is 0 Å². The van der Waals surface area contributed by atoms with Crippen molar-refractivity contribution < 1.29 is 0 Å². The Bertz CT molecular complexity index is 314. The molecule has 0 aliphatic carbocycles. The molecule has 1 unspecified atom stereocenters. The Morgan fingerprint density at radius 2 is 2.36 bits per heavy atom. The van der Waals surface area contributed by atoms with Gasteiger partial charge in [0.25, 0.3) is 0 Å². The third kappa shape index (κ3) is 1.82. The fourth-order valence-electron chi connectivity index (χ4n) is 2.10. The average Bonchev–Trinajstić information content (AvgIpc) is 2.47. The van der Waals surface area contributed by atoms with Crippen molar-refractivity contribution in [1.82, 2.24) is 14.5 Å². The molecule has 3 nitrogen and oxygen atoms in total. The van der Waals surface area contributed by atoms with E-state index >= 15 is 0 Å². The molecule has 0 aromatic carbocycles. The Kier molecular flexibility index (Phi) is 2.59. The summed E-state index contributed by atoms with van der Waals surface area (Å²) in [5.41, 5.74) is 2.72. The predicted octanol–water partition coefficient (Wildman–Crippen LogP) is 1.53. The van der Waals surface area contributed by atoms with Gasteiger partial charge < -0.3 is 9.47 Å². The maximum absolute atomic E-state index is 4.49. The monoisotopic (exact) mass is 193 g/mol. The van der Waals surface area contributed by atoms with Crippen molar-refractivity contribution in [3.63, 3.8) is 0 Å². The van der Waals surface area contributed by atoms with Gasteiger partial charge in [-0.2, -0.15) is 0 Å². The van der Waals surface area contributed by atoms with Gasteiger partial charge in [0.15, 0.2) is 0 Å². The van der Waals surface area contributed by atoms with Gasteiger partial charge in [-0.15, -0.1) is 0 Å². The van der Waals surface area contributed by atoms with Crippen LogP contribution in [0.15, 0.2) is 6.33 Å². The first kappa shape index (κ1) is 9.71. The average molecular weight is 193 g/mol. The molecular weight excluding hydrogens is 174 g/mol. The van der Waals surface area contributed by atoms with Crippen molar-refractivity contribution in [2.24, 2.45) is 5.92 Å². The van der Waals surface area contributed by atoms with Gasteiger partial charge in [0.1, 0.15) is 0 Å². The van der Waals surface area contributed by atoms with Crippen molar-refractivity contribution in [1.29, 1.82) is 0 Å². The van der Waals surface area contributed by atoms with Crippen LogP contribution < -0.4 is 0 Å². The summed E-state index contributed by atoms with van der Waals surface area (Å²) in [5, 5.41) is 0. The van der Waals surface area contributed by atoms with Crippen LogP contribution in [0, 0.1) is 5.92 Å². The molecule has 1 aromatic rings. The van der Waals surface area contributed by atoms with Gasteiger partial charge >= 0.3 is 0 Å². The summed E-state index contributed by atoms with van der Waals surface area (Å²) in [6.07, 6.45) is 4.49. The second-order valence-electron chi connectivity index (χ2n) is 4.67. The van der Waals surface area contributed by atoms with Crippen LogP contribution in [-0.2, 0) is 19.5 Å². The molecule has 14 heavy (non-hydrogen) atoms. The van der Waals surface area contributed by atoms with Crippen LogP contribution in [0.5, 0.6) is 0 Å². The predicted molar refractivity (Wildman–Crippen MR) is 57.1 cm³/mol. The highest BCUT2D eigenvalue weighted by Crippen LogP contribution is 2.22. The van der Waals surface area contributed by atoms with Crippen LogP contribution in [0.3, 0.4) is 0 Å². The third-order valence-corrected chi connectivity index (χ3v) is 2.90. The maximum Gasteiger partial charge on any atom is 0.0952 e. The van der Waals surface area contributed by atoms with E-state index in [9.17, 15) is 0 Å². The van der Waals surface area contributed by atoms with Crippen molar-refractivity contribution in [2.75, 3.05) is 14.1 Å². The molecule has 0 N–H and O–H groups in total. The Morgan fingerprint density at radius 3 is 3.07 bits per heavy atom. The molecular formula is C11H19N3. The van der Waals surface area contributed by atoms with E-state index in [4.69, 9.17) is 0 Å². The Balaban J connectivity index is 2.22. The highest BCUT2D eigenvalue weighted by atomic mass is 15.1. The van der Waals surface area contributed by atoms with Crippen molar-refractivity contribution in [3.05, 3.63) is 17.7 Å². The fourth-order valence-corrected chi connectivity index (χ4v) is 2.10. The lowest BCUT2D eigenvalue weighted by Crippen LogP contribution is -2.19. The zero-order valence-corrected chi connectivity index (χ0v) is 9.32. The second-order valence-corrected chi connectivity index (χ2v) is 4.67. The lowest BCUT2D eigenvalue weighted by Gasteiger charge is -2.21. The normalized spacial score (nSPS) is 21.3. The summed E-state index contributed by atoms with van der Waals surface area (Å²) >= 11 is 0. The SMILES string of the molecule is CC1CCn2cnc(CN(C)C)c2C1. The number of imidazole rings is 1. The minimum Gasteiger partial charge on any atom is -0.334 e. The van der Waals surface area contributed by atoms with E-state index in [2.05, 4.69) is 35.5 Å². The highest BCUT2D eigenvalue weighted by molar-refractivity contribution is 5.15. The smallest absolute Gasteiger partial charge is 0.0952 e. The van der Waals surface area contributed by atoms with Crippen molar-refractivity contribution in [3.8, 4) is 0 Å². The van der Waals surface area contributed by atoms with E-state index < -0.39 is 0 Å². The molecule has 2 rings (SSSR count). The molecule has 1 aliphatic heterocycles. The summed E-state index contributed by atoms with van der Waals surface area (Å²) in [6.45, 7) is 4.45. The number of nitrogens with zero attached hydrogens (tertiary/aromatic N) is 3. The molecule has 0 saturated heterocycles. The van der Waals surface area contributed by atoms with Gasteiger partial charge in [-0.3, -0.25) is 0 Å². The van der Waals surface area contributed by atoms with Gasteiger partial charge in [-0.05, 0) is 32.9 Å². The molecule has 1 aliphatic rings. The number of aromatic nitrogens is 2. The lowest BCUT2D eigenvalue weighted by atomic mass is 9.97. The summed E-state index contributed by atoms with van der Waals surface area (Å²) < 4.78 is 2.32. The summed E-state index contributed by atoms with van der Waals surface area (Å²) in [7, 11) is 4.19. The van der Waals surface area contributed by atoms with Crippen LogP contribution >= 0.6 is 0 Å². The molecule has 3 heteroatoms. The molecule has 0 amide bonds. The molecule has 1 aromatic heterocycles. The van der Waals surface area contributed by atoms with Gasteiger partial charge in [0, 0.05) is 18.8 Å². The van der Waals surface area contributed by atoms with Crippen LogP contribution in [0.25, 0.3) is 0 Å². The first-order valence-electron chi connectivity index (χ1n) is 5.34. The Labute approximate surface area is 85.7 Å². The highest BCUT2D eigenvalue weighted by Gasteiger charge is 2.19. The van der Waals surface area contributed by atoms with Crippen molar-refractivity contribution >= 4 is 0 Å². The third-order valence-electron chi connectivity index (χ3n) is 2.90. The van der Waals surface area contributed by atoms with E-state index in [0.717, 1.165) is 19.0 Å². The molecule has 0 radical (unpaired) electrons. The summed E-state index contributed by atoms with van der Waals surface area (Å²) in [5.74, 6) is 0.820. The zero-order chi connectivity index (χ0) is 10.1. The van der Waals surface area contributed by atoms with E-state index in [0.29, 0.717) is 0 Å². The molecule has 1 atom stereocenters. The van der Waals surface area contributed by atoms with Crippen LogP contribution in [-0.4, -0.2) is 28.5 Å². The quantitative estimate of drug-likeness (QED) is 0.710. The Hall–Kier alpha value is -0.830. The van der Waals surface area contributed by atoms with Crippen LogP contribution in [0.1, 0.15) is 24.7 Å². The summed E-state index contributed by atoms with van der Waals surface area (Å²) in [6, 6.07) is 0. The maximum atomic E-state index is 4.49. The van der Waals surface area contributed by atoms with Crippen molar-refractivity contribution in [2.45, 2.75) is 32.9 Å². The first-order chi connectivity index (χ1) is 6.66. The second kappa shape index (κ2) is 3.73. The molecule has 0 saturated carbocycles. The fraction of sp³-hybridized carbons (Fsp3) is 0.727. The number of rotatable bonds is 2. The molecule has 0 fully saturated rings. The van der Waals surface area contributed by atoms with Gasteiger partial charge in [-0.1, -0.05) is 6.92 Å². The molecule has 78 valence electrons. The van der Waals surface area contributed by atoms with Crippen LogP contribution in [0.2, 0.25) is 0 Å². The van der Waals surface area contributed by atoms with Gasteiger partial charge in [0.05, 0.1) is 12.0 Å². The lowest BCUT2D eigenvalue weighted by molar-refractivity contribution is 0.382. The minimum absolute atomic E-state index is 0.820. The van der Waals surface area contributed by atoms with E-state index in [1.54, 1.807) is 0 Å². The van der Waals surface area contributed by atoms with Gasteiger partial charge in [-0.25, -0.2) is 4.98 Å². The largest absolute Gasteiger partial charge is 0.334 e. The number of hydrogen-bond acceptors (Lipinski definition) is 2. The first-order valence-corrected chi connectivity index (χ1v) is 5.34. The number of aryl methyl sites for hydroxylation is 1. The van der Waals surface area contributed by atoms with Gasteiger partial charge in [0.2, 0.25) is 0 Å². The molecule has 0 bridgehead atoms. The Morgan fingerprint density at radius 1 is 1.57 bits per heavy atom. The van der Waals surface area contributed by atoms with E-state index in [1.807, 2.05) is 6.33 Å². The topological polar surface area (TPSA) is 21.1 Å². The number of fused-ring (bicyclic) bond motifs is 1. The van der Waals surface area contributed by atoms with Crippen LogP contribution in [0.4, 0.5) is 0 Å². The zero-order valence-electron chi connectivity index (χ0n) is 9.32. The molecule has 0 spiro atoms. The standard InChI is InChI=1S/C11H19N3/c1-9-4-5-14-8-12-10(7-13(2)3)11(14)6-9/h8-9H,4-7H2,1-3H3. The van der Waals surface area contributed by atoms with E-state index in [1.165, 1.54) is 24.2 Å². The summed E-state index contributed by atoms with van der Waals surface area (Å²) in [4.78, 5) is 6.68. The number of hydrogen-bond donors (Lipinski definition) is 0. The molecule has 2 heterocycles. The minimum atomic E-state index is 0.820.